The molecule has 1 aliphatic rings. The van der Waals surface area contributed by atoms with Gasteiger partial charge in [-0.3, -0.25) is 9.59 Å². The Labute approximate surface area is 112 Å². The third-order valence-corrected chi connectivity index (χ3v) is 3.13. The smallest absolute Gasteiger partial charge is 0.307 e. The molecule has 1 saturated carbocycles. The minimum atomic E-state index is -0.882. The minimum absolute atomic E-state index is 0.0410. The second-order valence-electron chi connectivity index (χ2n) is 4.92. The number of amides is 1. The van der Waals surface area contributed by atoms with Crippen LogP contribution in [0.15, 0.2) is 35.9 Å². The molecule has 0 radical (unpaired) electrons. The second-order valence-corrected chi connectivity index (χ2v) is 4.92. The number of nitrogens with one attached hydrogen (secondary N) is 1. The predicted octanol–water partition coefficient (Wildman–Crippen LogP) is 2.61. The van der Waals surface area contributed by atoms with E-state index >= 15 is 0 Å². The first kappa shape index (κ1) is 13.3. The van der Waals surface area contributed by atoms with Gasteiger partial charge in [-0.05, 0) is 43.4 Å². The largest absolute Gasteiger partial charge is 0.481 e. The van der Waals surface area contributed by atoms with E-state index < -0.39 is 5.97 Å². The van der Waals surface area contributed by atoms with Crippen molar-refractivity contribution in [3.8, 4) is 0 Å². The zero-order chi connectivity index (χ0) is 13.8. The van der Waals surface area contributed by atoms with Gasteiger partial charge in [0.2, 0.25) is 5.91 Å². The third-order valence-electron chi connectivity index (χ3n) is 3.13. The van der Waals surface area contributed by atoms with E-state index in [0.29, 0.717) is 17.2 Å². The van der Waals surface area contributed by atoms with Gasteiger partial charge in [-0.2, -0.15) is 0 Å². The van der Waals surface area contributed by atoms with Crippen molar-refractivity contribution in [3.05, 3.63) is 41.5 Å². The van der Waals surface area contributed by atoms with E-state index in [1.807, 2.05) is 6.92 Å². The first-order valence-electron chi connectivity index (χ1n) is 6.34. The molecule has 0 heterocycles. The predicted molar refractivity (Wildman–Crippen MR) is 72.9 cm³/mol. The zero-order valence-corrected chi connectivity index (χ0v) is 10.8. The average Bonchev–Trinajstić information content (AvgIpc) is 3.11. The van der Waals surface area contributed by atoms with Crippen LogP contribution in [0.5, 0.6) is 0 Å². The fourth-order valence-electron chi connectivity index (χ4n) is 1.98. The molecule has 0 saturated heterocycles. The highest BCUT2D eigenvalue weighted by molar-refractivity contribution is 5.99. The normalized spacial score (nSPS) is 15.1. The van der Waals surface area contributed by atoms with Gasteiger partial charge in [0.15, 0.2) is 0 Å². The number of allylic oxidation sites excluding steroid dienone is 1. The molecule has 100 valence electrons. The number of aliphatic carboxylic acids is 1. The lowest BCUT2D eigenvalue weighted by Crippen LogP contribution is -2.09. The fraction of sp³-hybridized carbons (Fsp3) is 0.333. The van der Waals surface area contributed by atoms with Crippen molar-refractivity contribution in [1.29, 1.82) is 0 Å². The van der Waals surface area contributed by atoms with Crippen molar-refractivity contribution in [3.63, 3.8) is 0 Å². The van der Waals surface area contributed by atoms with Crippen LogP contribution < -0.4 is 5.32 Å². The number of anilines is 1. The van der Waals surface area contributed by atoms with E-state index in [2.05, 4.69) is 5.32 Å². The molecule has 1 fully saturated rings. The minimum Gasteiger partial charge on any atom is -0.481 e. The van der Waals surface area contributed by atoms with Gasteiger partial charge >= 0.3 is 5.97 Å². The molecule has 0 unspecified atom stereocenters. The topological polar surface area (TPSA) is 66.4 Å². The molecule has 2 N–H and O–H groups in total. The molecule has 0 atom stereocenters. The zero-order valence-electron chi connectivity index (χ0n) is 10.8. The molecule has 0 bridgehead atoms. The molecule has 1 aromatic rings. The van der Waals surface area contributed by atoms with E-state index in [1.165, 1.54) is 12.8 Å². The maximum atomic E-state index is 11.8. The van der Waals surface area contributed by atoms with E-state index in [0.717, 1.165) is 5.57 Å². The van der Waals surface area contributed by atoms with Gasteiger partial charge in [0.25, 0.3) is 0 Å². The van der Waals surface area contributed by atoms with Gasteiger partial charge < -0.3 is 10.4 Å². The van der Waals surface area contributed by atoms with Gasteiger partial charge in [-0.15, -0.1) is 0 Å². The summed E-state index contributed by atoms with van der Waals surface area (Å²) in [6.07, 6.45) is 3.93. The van der Waals surface area contributed by atoms with Crippen LogP contribution >= 0.6 is 0 Å². The van der Waals surface area contributed by atoms with Crippen LogP contribution in [0.4, 0.5) is 5.69 Å². The molecule has 0 aromatic heterocycles. The molecular formula is C15H17NO3. The van der Waals surface area contributed by atoms with Crippen LogP contribution in [0.25, 0.3) is 0 Å². The van der Waals surface area contributed by atoms with Crippen LogP contribution in [0, 0.1) is 5.92 Å². The lowest BCUT2D eigenvalue weighted by Gasteiger charge is -2.05. The molecule has 1 amide bonds. The Hall–Kier alpha value is -2.10. The Morgan fingerprint density at radius 1 is 1.42 bits per heavy atom. The van der Waals surface area contributed by atoms with Gasteiger partial charge in [-0.1, -0.05) is 17.7 Å². The highest BCUT2D eigenvalue weighted by Crippen LogP contribution is 2.35. The Morgan fingerprint density at radius 3 is 2.79 bits per heavy atom. The van der Waals surface area contributed by atoms with Crippen LogP contribution in [-0.4, -0.2) is 17.0 Å². The van der Waals surface area contributed by atoms with Crippen LogP contribution in [-0.2, 0) is 16.0 Å². The van der Waals surface area contributed by atoms with Crippen LogP contribution in [0.3, 0.4) is 0 Å². The Morgan fingerprint density at radius 2 is 2.16 bits per heavy atom. The number of hydrogen-bond acceptors (Lipinski definition) is 2. The summed E-state index contributed by atoms with van der Waals surface area (Å²) >= 11 is 0. The molecule has 4 heteroatoms. The SMILES string of the molecule is CC(=CC(=O)Nc1cccc(CC(=O)O)c1)C1CC1. The number of carboxylic acid groups (broad SMARTS) is 1. The van der Waals surface area contributed by atoms with Crippen LogP contribution in [0.2, 0.25) is 0 Å². The molecule has 0 aliphatic heterocycles. The van der Waals surface area contributed by atoms with Crippen molar-refractivity contribution in [2.75, 3.05) is 5.32 Å². The Balaban J connectivity index is 2.00. The number of hydrogen-bond donors (Lipinski definition) is 2. The fourth-order valence-corrected chi connectivity index (χ4v) is 1.98. The molecular weight excluding hydrogens is 242 g/mol. The maximum Gasteiger partial charge on any atom is 0.307 e. The number of carbonyl (C=O) groups is 2. The average molecular weight is 259 g/mol. The summed E-state index contributed by atoms with van der Waals surface area (Å²) in [5, 5.41) is 11.5. The van der Waals surface area contributed by atoms with Crippen molar-refractivity contribution in [1.82, 2.24) is 0 Å². The summed E-state index contributed by atoms with van der Waals surface area (Å²) < 4.78 is 0. The van der Waals surface area contributed by atoms with E-state index in [4.69, 9.17) is 5.11 Å². The Bertz CT molecular complexity index is 530. The molecule has 1 aromatic carbocycles. The second kappa shape index (κ2) is 5.69. The first-order valence-corrected chi connectivity index (χ1v) is 6.34. The number of carbonyl (C=O) groups excluding carboxylic acids is 1. The lowest BCUT2D eigenvalue weighted by atomic mass is 10.1. The summed E-state index contributed by atoms with van der Waals surface area (Å²) in [5.41, 5.74) is 2.41. The molecule has 4 nitrogen and oxygen atoms in total. The first-order chi connectivity index (χ1) is 9.04. The van der Waals surface area contributed by atoms with Gasteiger partial charge in [0.1, 0.15) is 0 Å². The number of carboxylic acids is 1. The highest BCUT2D eigenvalue weighted by atomic mass is 16.4. The van der Waals surface area contributed by atoms with Crippen LogP contribution in [0.1, 0.15) is 25.3 Å². The van der Waals surface area contributed by atoms with E-state index in [-0.39, 0.29) is 12.3 Å². The summed E-state index contributed by atoms with van der Waals surface area (Å²) in [5.74, 6) is -0.464. The molecule has 2 rings (SSSR count). The lowest BCUT2D eigenvalue weighted by molar-refractivity contribution is -0.136. The molecule has 1 aliphatic carbocycles. The monoisotopic (exact) mass is 259 g/mol. The summed E-state index contributed by atoms with van der Waals surface area (Å²) in [4.78, 5) is 22.4. The molecule has 19 heavy (non-hydrogen) atoms. The number of benzene rings is 1. The standard InChI is InChI=1S/C15H17NO3/c1-10(12-5-6-12)7-14(17)16-13-4-2-3-11(8-13)9-15(18)19/h2-4,7-8,12H,5-6,9H2,1H3,(H,16,17)(H,18,19). The van der Waals surface area contributed by atoms with Crippen molar-refractivity contribution in [2.24, 2.45) is 5.92 Å². The summed E-state index contributed by atoms with van der Waals surface area (Å²) in [7, 11) is 0. The number of rotatable bonds is 5. The van der Waals surface area contributed by atoms with Gasteiger partial charge in [-0.25, -0.2) is 0 Å². The third kappa shape index (κ3) is 4.25. The van der Waals surface area contributed by atoms with Gasteiger partial charge in [0, 0.05) is 11.8 Å². The molecule has 0 spiro atoms. The van der Waals surface area contributed by atoms with E-state index in [1.54, 1.807) is 30.3 Å². The van der Waals surface area contributed by atoms with Crippen molar-refractivity contribution < 1.29 is 14.7 Å². The quantitative estimate of drug-likeness (QED) is 0.799. The van der Waals surface area contributed by atoms with Gasteiger partial charge in [0.05, 0.1) is 6.42 Å². The summed E-state index contributed by atoms with van der Waals surface area (Å²) in [6, 6.07) is 6.91. The maximum absolute atomic E-state index is 11.8. The van der Waals surface area contributed by atoms with Crippen molar-refractivity contribution >= 4 is 17.6 Å². The summed E-state index contributed by atoms with van der Waals surface area (Å²) in [6.45, 7) is 1.97. The highest BCUT2D eigenvalue weighted by Gasteiger charge is 2.23. The Kier molecular flexibility index (Phi) is 4.00. The van der Waals surface area contributed by atoms with Crippen molar-refractivity contribution in [2.45, 2.75) is 26.2 Å². The van der Waals surface area contributed by atoms with E-state index in [9.17, 15) is 9.59 Å².